The summed E-state index contributed by atoms with van der Waals surface area (Å²) in [6.45, 7) is 2.51. The lowest BCUT2D eigenvalue weighted by atomic mass is 10.2. The number of hydrogen-bond acceptors (Lipinski definition) is 6. The fourth-order valence-corrected chi connectivity index (χ4v) is 2.33. The molecule has 0 radical (unpaired) electrons. The van der Waals surface area contributed by atoms with E-state index in [0.717, 1.165) is 0 Å². The van der Waals surface area contributed by atoms with E-state index in [1.165, 1.54) is 32.0 Å². The number of pyridine rings is 1. The van der Waals surface area contributed by atoms with Gasteiger partial charge in [0.2, 0.25) is 5.95 Å². The molecule has 29 heavy (non-hydrogen) atoms. The molecule has 0 spiro atoms. The van der Waals surface area contributed by atoms with Crippen LogP contribution in [0.2, 0.25) is 5.15 Å². The Morgan fingerprint density at radius 1 is 1.07 bits per heavy atom. The van der Waals surface area contributed by atoms with Crippen molar-refractivity contribution in [3.8, 4) is 11.5 Å². The van der Waals surface area contributed by atoms with Crippen LogP contribution in [0.5, 0.6) is 0 Å². The van der Waals surface area contributed by atoms with Crippen molar-refractivity contribution in [2.45, 2.75) is 45.1 Å². The van der Waals surface area contributed by atoms with Crippen LogP contribution in [0.4, 0.5) is 38.2 Å². The monoisotopic (exact) mass is 440 g/mol. The summed E-state index contributed by atoms with van der Waals surface area (Å²) in [4.78, 5) is 18.5. The maximum atomic E-state index is 13.1. The quantitative estimate of drug-likeness (QED) is 0.370. The second kappa shape index (κ2) is 8.89. The van der Waals surface area contributed by atoms with E-state index in [0.29, 0.717) is 0 Å². The fraction of sp³-hybridized carbons (Fsp3) is 0.438. The molecule has 2 heterocycles. The topological polar surface area (TPSA) is 76.0 Å². The Balaban J connectivity index is 2.59. The summed E-state index contributed by atoms with van der Waals surface area (Å²) in [5.41, 5.74) is -1.16. The zero-order chi connectivity index (χ0) is 21.8. The lowest BCUT2D eigenvalue weighted by Gasteiger charge is -2.20. The Morgan fingerprint density at radius 2 is 1.76 bits per heavy atom. The van der Waals surface area contributed by atoms with Crippen LogP contribution >= 0.6 is 11.6 Å². The van der Waals surface area contributed by atoms with Crippen LogP contribution in [0.1, 0.15) is 26.7 Å². The maximum absolute atomic E-state index is 13.1. The van der Waals surface area contributed by atoms with Gasteiger partial charge < -0.3 is 5.32 Å². The van der Waals surface area contributed by atoms with Gasteiger partial charge in [0.25, 0.3) is 5.95 Å². The SMILES string of the molecule is CC/C(=N/c1nc(N[C@@H](CC)C(F)(F)F)nc(-c2cccc(Cl)n2)n1)C(F)(F)F. The highest BCUT2D eigenvalue weighted by molar-refractivity contribution is 6.29. The van der Waals surface area contributed by atoms with Crippen molar-refractivity contribution in [1.82, 2.24) is 19.9 Å². The molecule has 2 aromatic heterocycles. The van der Waals surface area contributed by atoms with Gasteiger partial charge in [0, 0.05) is 0 Å². The summed E-state index contributed by atoms with van der Waals surface area (Å²) in [5, 5.41) is 2.10. The number of aromatic nitrogens is 4. The van der Waals surface area contributed by atoms with Gasteiger partial charge in [-0.05, 0) is 25.0 Å². The third-order valence-corrected chi connectivity index (χ3v) is 3.78. The van der Waals surface area contributed by atoms with Crippen LogP contribution in [0.15, 0.2) is 23.2 Å². The molecule has 0 amide bonds. The third kappa shape index (κ3) is 6.24. The molecule has 0 bridgehead atoms. The highest BCUT2D eigenvalue weighted by Gasteiger charge is 2.39. The zero-order valence-corrected chi connectivity index (χ0v) is 15.9. The van der Waals surface area contributed by atoms with Crippen LogP contribution < -0.4 is 5.32 Å². The van der Waals surface area contributed by atoms with Gasteiger partial charge in [-0.2, -0.15) is 41.3 Å². The molecule has 0 unspecified atom stereocenters. The van der Waals surface area contributed by atoms with E-state index in [1.807, 2.05) is 0 Å². The molecule has 158 valence electrons. The molecule has 0 saturated heterocycles. The van der Waals surface area contributed by atoms with Gasteiger partial charge in [0.05, 0.1) is 0 Å². The number of nitrogens with zero attached hydrogens (tertiary/aromatic N) is 5. The first-order chi connectivity index (χ1) is 13.4. The van der Waals surface area contributed by atoms with Gasteiger partial charge in [-0.25, -0.2) is 9.98 Å². The first-order valence-corrected chi connectivity index (χ1v) is 8.68. The molecular weight excluding hydrogens is 426 g/mol. The number of halogens is 7. The van der Waals surface area contributed by atoms with Crippen molar-refractivity contribution >= 4 is 29.2 Å². The Morgan fingerprint density at radius 3 is 2.28 bits per heavy atom. The largest absolute Gasteiger partial charge is 0.429 e. The Labute approximate surface area is 166 Å². The molecule has 0 fully saturated rings. The molecule has 0 saturated carbocycles. The predicted octanol–water partition coefficient (Wildman–Crippen LogP) is 5.38. The van der Waals surface area contributed by atoms with Gasteiger partial charge >= 0.3 is 12.4 Å². The number of nitrogens with one attached hydrogen (secondary N) is 1. The molecule has 0 aliphatic carbocycles. The van der Waals surface area contributed by atoms with Crippen molar-refractivity contribution < 1.29 is 26.3 Å². The second-order valence-electron chi connectivity index (χ2n) is 5.68. The number of alkyl halides is 6. The standard InChI is InChI=1S/C16H15ClF6N6/c1-3-9(15(18,19)20)25-13-27-12(8-6-5-7-11(17)24-8)28-14(29-13)26-10(4-2)16(21,22)23/h5-7,9H,3-4H2,1-2H3,(H,25,27,28,29)/b26-10-/t9-/m0/s1. The molecule has 2 aromatic rings. The van der Waals surface area contributed by atoms with Gasteiger partial charge in [0.1, 0.15) is 22.6 Å². The van der Waals surface area contributed by atoms with Gasteiger partial charge in [-0.3, -0.25) is 0 Å². The molecule has 0 aromatic carbocycles. The summed E-state index contributed by atoms with van der Waals surface area (Å²) < 4.78 is 78.2. The molecule has 0 aliphatic rings. The molecule has 1 atom stereocenters. The smallest absolute Gasteiger partial charge is 0.342 e. The van der Waals surface area contributed by atoms with Crippen molar-refractivity contribution in [2.75, 3.05) is 5.32 Å². The lowest BCUT2D eigenvalue weighted by molar-refractivity contribution is -0.143. The number of rotatable bonds is 6. The summed E-state index contributed by atoms with van der Waals surface area (Å²) in [5.74, 6) is -1.57. The summed E-state index contributed by atoms with van der Waals surface area (Å²) in [7, 11) is 0. The minimum Gasteiger partial charge on any atom is -0.342 e. The lowest BCUT2D eigenvalue weighted by Crippen LogP contribution is -2.36. The zero-order valence-electron chi connectivity index (χ0n) is 15.1. The van der Waals surface area contributed by atoms with Crippen molar-refractivity contribution in [2.24, 2.45) is 4.99 Å². The van der Waals surface area contributed by atoms with Crippen LogP contribution in [-0.4, -0.2) is 44.0 Å². The molecular formula is C16H15ClF6N6. The highest BCUT2D eigenvalue weighted by Crippen LogP contribution is 2.27. The van der Waals surface area contributed by atoms with Gasteiger partial charge in [-0.1, -0.05) is 31.5 Å². The average Bonchev–Trinajstić information content (AvgIpc) is 2.62. The van der Waals surface area contributed by atoms with E-state index >= 15 is 0 Å². The molecule has 13 heteroatoms. The fourth-order valence-electron chi connectivity index (χ4n) is 2.16. The number of hydrogen-bond donors (Lipinski definition) is 1. The second-order valence-corrected chi connectivity index (χ2v) is 6.07. The minimum atomic E-state index is -4.75. The summed E-state index contributed by atoms with van der Waals surface area (Å²) >= 11 is 5.78. The van der Waals surface area contributed by atoms with E-state index in [-0.39, 0.29) is 23.1 Å². The van der Waals surface area contributed by atoms with E-state index < -0.39 is 42.4 Å². The van der Waals surface area contributed by atoms with Gasteiger partial charge in [-0.15, -0.1) is 0 Å². The molecule has 6 nitrogen and oxygen atoms in total. The minimum absolute atomic E-state index is 0.0320. The predicted molar refractivity (Wildman–Crippen MR) is 95.3 cm³/mol. The molecule has 2 rings (SSSR count). The van der Waals surface area contributed by atoms with Crippen LogP contribution in [0.3, 0.4) is 0 Å². The molecule has 0 aliphatic heterocycles. The Hall–Kier alpha value is -2.50. The highest BCUT2D eigenvalue weighted by atomic mass is 35.5. The average molecular weight is 441 g/mol. The van der Waals surface area contributed by atoms with Crippen molar-refractivity contribution in [3.63, 3.8) is 0 Å². The van der Waals surface area contributed by atoms with Gasteiger partial charge in [0.15, 0.2) is 5.82 Å². The number of aliphatic imine (C=N–C) groups is 1. The van der Waals surface area contributed by atoms with E-state index in [4.69, 9.17) is 11.6 Å². The van der Waals surface area contributed by atoms with E-state index in [2.05, 4.69) is 30.2 Å². The number of anilines is 1. The van der Waals surface area contributed by atoms with Crippen LogP contribution in [0.25, 0.3) is 11.5 Å². The van der Waals surface area contributed by atoms with Crippen LogP contribution in [0, 0.1) is 0 Å². The third-order valence-electron chi connectivity index (χ3n) is 3.57. The summed E-state index contributed by atoms with van der Waals surface area (Å²) in [6, 6.07) is 2.28. The van der Waals surface area contributed by atoms with Crippen molar-refractivity contribution in [1.29, 1.82) is 0 Å². The summed E-state index contributed by atoms with van der Waals surface area (Å²) in [6.07, 6.45) is -10.2. The van der Waals surface area contributed by atoms with Crippen LogP contribution in [-0.2, 0) is 0 Å². The normalized spacial score (nSPS) is 14.0. The van der Waals surface area contributed by atoms with Crippen molar-refractivity contribution in [3.05, 3.63) is 23.4 Å². The van der Waals surface area contributed by atoms with E-state index in [9.17, 15) is 26.3 Å². The molecule has 1 N–H and O–H groups in total. The first-order valence-electron chi connectivity index (χ1n) is 8.31. The first kappa shape index (κ1) is 22.8. The van der Waals surface area contributed by atoms with E-state index in [1.54, 1.807) is 0 Å². The Kier molecular flexibility index (Phi) is 6.98. The Bertz CT molecular complexity index is 883. The maximum Gasteiger partial charge on any atom is 0.429 e.